The molecule has 0 radical (unpaired) electrons. The summed E-state index contributed by atoms with van der Waals surface area (Å²) in [6, 6.07) is 38.8. The van der Waals surface area contributed by atoms with Crippen molar-refractivity contribution >= 4 is 123 Å². The molecule has 5 aromatic carbocycles. The number of likely N-dealkylation sites (tertiary alicyclic amines) is 2. The first kappa shape index (κ1) is 98.8. The van der Waals surface area contributed by atoms with Crippen LogP contribution in [0.15, 0.2) is 179 Å². The molecule has 2 fully saturated rings. The second-order valence-corrected chi connectivity index (χ2v) is 33.8. The zero-order chi connectivity index (χ0) is 89.3. The van der Waals surface area contributed by atoms with Crippen LogP contribution in [0.25, 0.3) is 0 Å². The van der Waals surface area contributed by atoms with Gasteiger partial charge in [-0.2, -0.15) is 4.99 Å². The van der Waals surface area contributed by atoms with Gasteiger partial charge in [0.05, 0.1) is 48.6 Å². The van der Waals surface area contributed by atoms with Crippen molar-refractivity contribution in [1.29, 1.82) is 0 Å². The van der Waals surface area contributed by atoms with Crippen molar-refractivity contribution in [2.24, 2.45) is 25.8 Å². The van der Waals surface area contributed by atoms with E-state index in [1.165, 1.54) is 92.4 Å². The normalized spacial score (nSPS) is 16.2. The maximum Gasteiger partial charge on any atom is 0.410 e. The minimum Gasteiger partial charge on any atom is -0.444 e. The van der Waals surface area contributed by atoms with Gasteiger partial charge in [0.15, 0.2) is 5.78 Å². The van der Waals surface area contributed by atoms with E-state index < -0.39 is 28.7 Å². The predicted molar refractivity (Wildman–Crippen MR) is 486 cm³/mol. The van der Waals surface area contributed by atoms with E-state index in [-0.39, 0.29) is 42.3 Å². The second-order valence-electron chi connectivity index (χ2n) is 32.8. The fourth-order valence-electron chi connectivity index (χ4n) is 12.9. The van der Waals surface area contributed by atoms with Crippen LogP contribution in [0.1, 0.15) is 155 Å². The first-order valence-corrected chi connectivity index (χ1v) is 42.0. The van der Waals surface area contributed by atoms with Crippen molar-refractivity contribution in [1.82, 2.24) is 30.5 Å². The number of hydrogen-bond donors (Lipinski definition) is 8. The second kappa shape index (κ2) is 47.9. The molecule has 9 N–H and O–H groups in total. The fraction of sp³-hybridized carbons (Fsp3) is 0.451. The van der Waals surface area contributed by atoms with Crippen LogP contribution >= 0.6 is 24.0 Å². The number of amides is 4. The number of esters is 2. The predicted octanol–water partition coefficient (Wildman–Crippen LogP) is 16.0. The Bertz CT molecular complexity index is 4770. The number of anilines is 4. The summed E-state index contributed by atoms with van der Waals surface area (Å²) in [6.07, 6.45) is 5.14. The van der Waals surface area contributed by atoms with E-state index in [1.807, 2.05) is 135 Å². The Balaban J connectivity index is 0.000000224. The summed E-state index contributed by atoms with van der Waals surface area (Å²) < 4.78 is 20.1. The number of thioether (sulfide) groups is 1. The highest BCUT2D eigenvalue weighted by molar-refractivity contribution is 8.02. The Morgan fingerprint density at radius 1 is 0.512 bits per heavy atom. The molecule has 0 aromatic heterocycles. The molecule has 28 nitrogen and oxygen atoms in total. The average Bonchev–Trinajstić information content (AvgIpc) is 1.14. The van der Waals surface area contributed by atoms with Gasteiger partial charge in [-0.15, -0.1) is 17.4 Å². The van der Waals surface area contributed by atoms with Gasteiger partial charge in [-0.3, -0.25) is 38.9 Å². The van der Waals surface area contributed by atoms with Crippen LogP contribution in [-0.2, 0) is 42.9 Å². The van der Waals surface area contributed by atoms with E-state index >= 15 is 0 Å². The number of amidine groups is 3. The van der Waals surface area contributed by atoms with Crippen LogP contribution in [-0.4, -0.2) is 203 Å². The number of benzene rings is 5. The number of aryl methyl sites for hydroxylation is 6. The van der Waals surface area contributed by atoms with Gasteiger partial charge >= 0.3 is 30.2 Å². The molecule has 13 rings (SSSR count). The molecule has 5 aromatic rings. The molecule has 0 aliphatic carbocycles. The number of nitrogens with zero attached hydrogens (tertiary/aromatic N) is 8. The molecule has 4 amide bonds. The monoisotopic (exact) mass is 1700 g/mol. The molecule has 0 saturated carbocycles. The number of hydrazine groups is 1. The van der Waals surface area contributed by atoms with Crippen molar-refractivity contribution < 1.29 is 62.5 Å². The van der Waals surface area contributed by atoms with Gasteiger partial charge in [-0.1, -0.05) is 54.6 Å². The van der Waals surface area contributed by atoms with E-state index in [1.54, 1.807) is 21.6 Å². The molecule has 2 saturated heterocycles. The van der Waals surface area contributed by atoms with Gasteiger partial charge in [0.2, 0.25) is 5.91 Å². The molecule has 652 valence electrons. The number of nitrogens with two attached hydrogens (primary N) is 1. The van der Waals surface area contributed by atoms with E-state index in [9.17, 15) is 38.4 Å². The van der Waals surface area contributed by atoms with Crippen molar-refractivity contribution in [2.75, 3.05) is 113 Å². The molecule has 0 atom stereocenters. The first-order valence-electron chi connectivity index (χ1n) is 40.4. The van der Waals surface area contributed by atoms with Gasteiger partial charge in [0.1, 0.15) is 40.1 Å². The maximum atomic E-state index is 12.5. The molecule has 30 heteroatoms. The number of ether oxygens (including phenoxy) is 4. The molecule has 8 heterocycles. The van der Waals surface area contributed by atoms with Gasteiger partial charge in [-0.25, -0.2) is 20.2 Å². The van der Waals surface area contributed by atoms with Crippen molar-refractivity contribution in [2.45, 2.75) is 180 Å². The van der Waals surface area contributed by atoms with Gasteiger partial charge < -0.3 is 70.3 Å². The molecule has 0 bridgehead atoms. The van der Waals surface area contributed by atoms with Crippen LogP contribution < -0.4 is 38.0 Å². The molecule has 8 aliphatic rings. The molecule has 0 spiro atoms. The standard InChI is InChI=1S/C20H28N2O3S.C19H25N3O2.C16H19N3O.C14H17N3.C10H17NO3.C8H7NS.C4H6O3.H4N2O/c1-13-7-8-15(11-14(13)2)21-18(26-6)16-12-22(10-9-17(16)23)19(24)25-20(3,4)5;1-13-6-5-7-15(10-13)21-17-16-12-22(9-8-14(16)11-20-17)18(23)24-19(2,3)4;1-11-4-3-5-14(8-11)18-16-15-10-19(12(2)20)7-6-13(15)9-17-16;1-10-3-2-4-12(7-10)17-14-13-9-15-6-5-11(13)8-16-14;1-10(2,3)14-9(13)11-6-4-8(12)5-7-11;1-7-3-2-4-8(5-7)9-6-10;1-3(5)7-4(2)6;1-2-3/h7-8,11,21H,9-10,12H2,1-6H3;5-7,10H,8-9,11-12H2,1-4H3,(H,20,21);3-5,8H,6-7,9-10H2,1-2H3,(H,17,18);2-4,7,15H,5-6,8-9H2,1H3,(H,16,17);4-7H2,1-3H3;2-5H,1H3;1-2H3;2-3H,1H2/b18-16-;;;;;;;. The van der Waals surface area contributed by atoms with E-state index in [0.717, 1.165) is 115 Å². The quantitative estimate of drug-likeness (QED) is 0.0110. The number of thiocarbonyl (C=S) groups is 1. The van der Waals surface area contributed by atoms with Crippen LogP contribution in [0.3, 0.4) is 0 Å². The number of aliphatic imine (C=N–C) groups is 4. The number of carbonyl (C=O) groups excluding carboxylic acids is 8. The number of hydrogen-bond acceptors (Lipinski definition) is 26. The third-order valence-corrected chi connectivity index (χ3v) is 19.8. The Labute approximate surface area is 722 Å². The Morgan fingerprint density at radius 2 is 0.917 bits per heavy atom. The largest absolute Gasteiger partial charge is 0.444 e. The summed E-state index contributed by atoms with van der Waals surface area (Å²) in [4.78, 5) is 115. The third-order valence-electron chi connectivity index (χ3n) is 19.0. The number of piperidine rings is 2. The number of carbonyl (C=O) groups is 8. The summed E-state index contributed by atoms with van der Waals surface area (Å²) in [5.74, 6) is 6.33. The van der Waals surface area contributed by atoms with Crippen LogP contribution in [0.2, 0.25) is 0 Å². The summed E-state index contributed by atoms with van der Waals surface area (Å²) in [5.41, 5.74) is 20.6. The van der Waals surface area contributed by atoms with Crippen molar-refractivity contribution in [3.63, 3.8) is 0 Å². The smallest absolute Gasteiger partial charge is 0.410 e. The van der Waals surface area contributed by atoms with Crippen LogP contribution in [0.4, 0.5) is 42.8 Å². The minimum absolute atomic E-state index is 0.0745. The fourth-order valence-corrected chi connectivity index (χ4v) is 13.7. The Hall–Kier alpha value is -11.0. The summed E-state index contributed by atoms with van der Waals surface area (Å²) in [6.45, 7) is 41.9. The highest BCUT2D eigenvalue weighted by atomic mass is 32.2. The van der Waals surface area contributed by atoms with Gasteiger partial charge in [-0.05, 0) is 259 Å². The number of isothiocyanates is 1. The SMILES string of the molecule is CC(=O)N1CCC2=C(C1)C(Nc1cccc(C)c1)=NC2.CC(=O)OC(C)=O.CC(C)(C)OC(=O)N1CCC(=O)CC1.CS/C(Nc1ccc(C)c(C)c1)=C1/CN(C(=O)OC(C)(C)C)CCC1=O.Cc1cccc(N=C=S)c1.Cc1cccc(NC2=NCC3=C2CN(C(=O)OC(C)(C)C)CC3)c1.Cc1cccc(NC2=NCC3=C2CNCC3)c1.NNO. The van der Waals surface area contributed by atoms with Crippen molar-refractivity contribution in [3.05, 3.63) is 193 Å². The number of nitrogens with one attached hydrogen (secondary N) is 6. The lowest BCUT2D eigenvalue weighted by Gasteiger charge is -2.31. The maximum absolute atomic E-state index is 12.5. The lowest BCUT2D eigenvalue weighted by atomic mass is 10.0. The number of ketones is 2. The van der Waals surface area contributed by atoms with Crippen LogP contribution in [0.5, 0.6) is 0 Å². The molecular formula is C91H123N15O13S2. The number of Topliss-reactive ketones (excluding diaryl/α,β-unsaturated/α-hetero) is 2. The number of rotatable bonds is 7. The third kappa shape index (κ3) is 34.9. The van der Waals surface area contributed by atoms with Gasteiger partial charge in [0.25, 0.3) is 0 Å². The summed E-state index contributed by atoms with van der Waals surface area (Å²) in [7, 11) is 0. The highest BCUT2D eigenvalue weighted by Crippen LogP contribution is 2.31. The van der Waals surface area contributed by atoms with Crippen molar-refractivity contribution in [3.8, 4) is 0 Å². The zero-order valence-corrected chi connectivity index (χ0v) is 75.4. The summed E-state index contributed by atoms with van der Waals surface area (Å²) in [5, 5.41) is 27.2. The Kier molecular flexibility index (Phi) is 39.1. The van der Waals surface area contributed by atoms with Gasteiger partial charge in [0, 0.05) is 131 Å². The summed E-state index contributed by atoms with van der Waals surface area (Å²) >= 11 is 5.94. The highest BCUT2D eigenvalue weighted by Gasteiger charge is 2.34. The molecular weight excluding hydrogens is 1580 g/mol. The zero-order valence-electron chi connectivity index (χ0n) is 73.7. The molecule has 8 aliphatic heterocycles. The van der Waals surface area contributed by atoms with E-state index in [4.69, 9.17) is 19.4 Å². The molecule has 0 unspecified atom stereocenters. The topological polar surface area (TPSA) is 354 Å². The first-order chi connectivity index (χ1) is 57.1. The average molecular weight is 1700 g/mol. The Morgan fingerprint density at radius 3 is 1.33 bits per heavy atom. The lowest BCUT2D eigenvalue weighted by molar-refractivity contribution is -0.156. The lowest BCUT2D eigenvalue weighted by Crippen LogP contribution is -2.43. The van der Waals surface area contributed by atoms with Crippen LogP contribution in [0, 0.1) is 41.5 Å². The van der Waals surface area contributed by atoms with E-state index in [2.05, 4.69) is 170 Å². The minimum atomic E-state index is -0.562. The van der Waals surface area contributed by atoms with E-state index in [0.29, 0.717) is 64.1 Å². The molecule has 121 heavy (non-hydrogen) atoms.